The molecule has 1 aliphatic rings. The first-order valence-corrected chi connectivity index (χ1v) is 3.85. The Morgan fingerprint density at radius 1 is 1.42 bits per heavy atom. The zero-order chi connectivity index (χ0) is 9.41. The second kappa shape index (κ2) is 2.88. The molecule has 0 aromatic rings. The molecule has 0 aromatic heterocycles. The number of halogens is 3. The second-order valence-corrected chi connectivity index (χ2v) is 3.34. The van der Waals surface area contributed by atoms with E-state index in [-0.39, 0.29) is 6.54 Å². The number of nitrogens with one attached hydrogen (secondary N) is 1. The van der Waals surface area contributed by atoms with E-state index < -0.39 is 17.7 Å². The summed E-state index contributed by atoms with van der Waals surface area (Å²) in [5.74, 6) is -0.711. The Hall–Kier alpha value is -0.290. The maximum Gasteiger partial charge on any atom is 0.417 e. The number of hydrogen-bond acceptors (Lipinski definition) is 2. The molecule has 0 radical (unpaired) electrons. The van der Waals surface area contributed by atoms with Gasteiger partial charge in [-0.3, -0.25) is 0 Å². The zero-order valence-corrected chi connectivity index (χ0v) is 6.78. The molecule has 1 heterocycles. The zero-order valence-electron chi connectivity index (χ0n) is 6.78. The van der Waals surface area contributed by atoms with Gasteiger partial charge in [-0.05, 0) is 19.9 Å². The van der Waals surface area contributed by atoms with Crippen molar-refractivity contribution >= 4 is 0 Å². The minimum absolute atomic E-state index is 0.243. The van der Waals surface area contributed by atoms with E-state index in [2.05, 4.69) is 5.32 Å². The molecule has 0 amide bonds. The van der Waals surface area contributed by atoms with Crippen molar-refractivity contribution in [3.05, 3.63) is 0 Å². The Balaban J connectivity index is 2.69. The molecule has 0 aliphatic carbocycles. The van der Waals surface area contributed by atoms with E-state index in [0.29, 0.717) is 13.0 Å². The van der Waals surface area contributed by atoms with E-state index in [9.17, 15) is 18.3 Å². The van der Waals surface area contributed by atoms with Gasteiger partial charge in [-0.2, -0.15) is 13.2 Å². The van der Waals surface area contributed by atoms with Crippen LogP contribution < -0.4 is 5.32 Å². The number of hydrogen-bond donors (Lipinski definition) is 2. The van der Waals surface area contributed by atoms with Crippen molar-refractivity contribution in [2.24, 2.45) is 5.92 Å². The highest BCUT2D eigenvalue weighted by Crippen LogP contribution is 2.38. The summed E-state index contributed by atoms with van der Waals surface area (Å²) in [5.41, 5.74) is -2.55. The van der Waals surface area contributed by atoms with Gasteiger partial charge in [0.2, 0.25) is 0 Å². The topological polar surface area (TPSA) is 32.3 Å². The molecule has 72 valence electrons. The summed E-state index contributed by atoms with van der Waals surface area (Å²) in [5, 5.41) is 12.0. The number of alkyl halides is 3. The van der Waals surface area contributed by atoms with E-state index in [4.69, 9.17) is 0 Å². The molecule has 0 bridgehead atoms. The number of rotatable bonds is 1. The van der Waals surface area contributed by atoms with E-state index in [1.54, 1.807) is 0 Å². The van der Waals surface area contributed by atoms with Gasteiger partial charge in [-0.25, -0.2) is 0 Å². The highest BCUT2D eigenvalue weighted by atomic mass is 19.4. The molecular formula is C7H12F3NO. The molecule has 2 atom stereocenters. The fraction of sp³-hybridized carbons (Fsp3) is 1.00. The minimum Gasteiger partial charge on any atom is -0.380 e. The SMILES string of the molecule is CC(O)(C1CCNC1)C(F)(F)F. The van der Waals surface area contributed by atoms with Crippen LogP contribution in [0.5, 0.6) is 0 Å². The molecule has 0 aromatic carbocycles. The number of aliphatic hydroxyl groups is 1. The molecule has 1 rings (SSSR count). The predicted molar refractivity (Wildman–Crippen MR) is 37.7 cm³/mol. The predicted octanol–water partition coefficient (Wildman–Crippen LogP) is 0.909. The Morgan fingerprint density at radius 3 is 2.33 bits per heavy atom. The van der Waals surface area contributed by atoms with Crippen LogP contribution in [-0.2, 0) is 0 Å². The Labute approximate surface area is 68.8 Å². The summed E-state index contributed by atoms with van der Waals surface area (Å²) in [6.45, 7) is 1.63. The van der Waals surface area contributed by atoms with E-state index in [1.165, 1.54) is 0 Å². The molecule has 2 nitrogen and oxygen atoms in total. The van der Waals surface area contributed by atoms with E-state index >= 15 is 0 Å². The third-order valence-corrected chi connectivity index (χ3v) is 2.43. The Morgan fingerprint density at radius 2 is 2.00 bits per heavy atom. The lowest BCUT2D eigenvalue weighted by Crippen LogP contribution is -2.49. The van der Waals surface area contributed by atoms with Gasteiger partial charge in [0.1, 0.15) is 0 Å². The smallest absolute Gasteiger partial charge is 0.380 e. The quantitative estimate of drug-likeness (QED) is 0.633. The van der Waals surface area contributed by atoms with E-state index in [0.717, 1.165) is 6.92 Å². The van der Waals surface area contributed by atoms with Crippen molar-refractivity contribution in [1.82, 2.24) is 5.32 Å². The van der Waals surface area contributed by atoms with Crippen molar-refractivity contribution in [2.75, 3.05) is 13.1 Å². The standard InChI is InChI=1S/C7H12F3NO/c1-6(12,7(8,9)10)5-2-3-11-4-5/h5,11-12H,2-4H2,1H3. The van der Waals surface area contributed by atoms with Crippen molar-refractivity contribution in [1.29, 1.82) is 0 Å². The largest absolute Gasteiger partial charge is 0.417 e. The van der Waals surface area contributed by atoms with Crippen LogP contribution in [-0.4, -0.2) is 30.0 Å². The fourth-order valence-corrected chi connectivity index (χ4v) is 1.37. The molecule has 0 spiro atoms. The summed E-state index contributed by atoms with van der Waals surface area (Å²) in [6.07, 6.45) is -4.14. The summed E-state index contributed by atoms with van der Waals surface area (Å²) < 4.78 is 36.6. The second-order valence-electron chi connectivity index (χ2n) is 3.34. The molecule has 2 unspecified atom stereocenters. The van der Waals surface area contributed by atoms with Crippen LogP contribution in [0.25, 0.3) is 0 Å². The highest BCUT2D eigenvalue weighted by Gasteiger charge is 2.55. The Bertz CT molecular complexity index is 161. The van der Waals surface area contributed by atoms with Gasteiger partial charge in [0.25, 0.3) is 0 Å². The molecular weight excluding hydrogens is 171 g/mol. The molecule has 0 saturated carbocycles. The van der Waals surface area contributed by atoms with Crippen LogP contribution in [0.4, 0.5) is 13.2 Å². The molecule has 2 N–H and O–H groups in total. The highest BCUT2D eigenvalue weighted by molar-refractivity contribution is 4.92. The lowest BCUT2D eigenvalue weighted by molar-refractivity contribution is -0.269. The van der Waals surface area contributed by atoms with Crippen LogP contribution in [0.3, 0.4) is 0 Å². The normalized spacial score (nSPS) is 30.2. The first-order valence-electron chi connectivity index (χ1n) is 3.85. The van der Waals surface area contributed by atoms with Gasteiger partial charge < -0.3 is 10.4 Å². The molecule has 1 aliphatic heterocycles. The summed E-state index contributed by atoms with van der Waals surface area (Å²) in [6, 6.07) is 0. The molecule has 1 fully saturated rings. The summed E-state index contributed by atoms with van der Waals surface area (Å²) in [7, 11) is 0. The van der Waals surface area contributed by atoms with Gasteiger partial charge in [0.15, 0.2) is 5.60 Å². The summed E-state index contributed by atoms with van der Waals surface area (Å²) in [4.78, 5) is 0. The first-order chi connectivity index (χ1) is 5.36. The lowest BCUT2D eigenvalue weighted by atomic mass is 9.88. The maximum atomic E-state index is 12.2. The van der Waals surface area contributed by atoms with Crippen LogP contribution in [0, 0.1) is 5.92 Å². The van der Waals surface area contributed by atoms with Crippen LogP contribution in [0.15, 0.2) is 0 Å². The third-order valence-electron chi connectivity index (χ3n) is 2.43. The van der Waals surface area contributed by atoms with Crippen molar-refractivity contribution in [3.63, 3.8) is 0 Å². The molecule has 5 heteroatoms. The van der Waals surface area contributed by atoms with Gasteiger partial charge in [0.05, 0.1) is 0 Å². The van der Waals surface area contributed by atoms with Crippen LogP contribution >= 0.6 is 0 Å². The maximum absolute atomic E-state index is 12.2. The van der Waals surface area contributed by atoms with Gasteiger partial charge >= 0.3 is 6.18 Å². The average molecular weight is 183 g/mol. The first kappa shape index (κ1) is 9.80. The monoisotopic (exact) mass is 183 g/mol. The van der Waals surface area contributed by atoms with Crippen molar-refractivity contribution in [3.8, 4) is 0 Å². The van der Waals surface area contributed by atoms with E-state index in [1.807, 2.05) is 0 Å². The molecule has 12 heavy (non-hydrogen) atoms. The minimum atomic E-state index is -4.52. The van der Waals surface area contributed by atoms with Gasteiger partial charge in [-0.15, -0.1) is 0 Å². The van der Waals surface area contributed by atoms with Crippen LogP contribution in [0.2, 0.25) is 0 Å². The summed E-state index contributed by atoms with van der Waals surface area (Å²) >= 11 is 0. The van der Waals surface area contributed by atoms with Crippen molar-refractivity contribution in [2.45, 2.75) is 25.1 Å². The van der Waals surface area contributed by atoms with Crippen LogP contribution in [0.1, 0.15) is 13.3 Å². The molecule has 1 saturated heterocycles. The fourth-order valence-electron chi connectivity index (χ4n) is 1.37. The lowest BCUT2D eigenvalue weighted by Gasteiger charge is -2.31. The van der Waals surface area contributed by atoms with Gasteiger partial charge in [-0.1, -0.05) is 0 Å². The third kappa shape index (κ3) is 1.56. The van der Waals surface area contributed by atoms with Gasteiger partial charge in [0, 0.05) is 12.5 Å². The van der Waals surface area contributed by atoms with Crippen molar-refractivity contribution < 1.29 is 18.3 Å². The Kier molecular flexibility index (Phi) is 2.35. The average Bonchev–Trinajstić information content (AvgIpc) is 2.34.